The molecule has 1 aliphatic rings. The van der Waals surface area contributed by atoms with Crippen molar-refractivity contribution in [3.63, 3.8) is 0 Å². The number of rotatable bonds is 4. The summed E-state index contributed by atoms with van der Waals surface area (Å²) in [6.07, 6.45) is 0. The summed E-state index contributed by atoms with van der Waals surface area (Å²) in [7, 11) is 0. The van der Waals surface area contributed by atoms with E-state index < -0.39 is 16.5 Å². The summed E-state index contributed by atoms with van der Waals surface area (Å²) in [6, 6.07) is 4.14. The van der Waals surface area contributed by atoms with E-state index in [2.05, 4.69) is 10.6 Å². The lowest BCUT2D eigenvalue weighted by molar-refractivity contribution is -0.385. The van der Waals surface area contributed by atoms with Crippen LogP contribution in [0.1, 0.15) is 24.2 Å². The average molecular weight is 355 g/mol. The standard InChI is InChI=1S/C15H19ClN4O4/c1-9-10(2)19(7-6-17-9)13(21)8-18-15(22)14-11(16)4-3-5-12(14)20(23)24/h3-5,9-10,17H,6-8H2,1-2H3,(H,18,22). The van der Waals surface area contributed by atoms with Gasteiger partial charge in [-0.1, -0.05) is 17.7 Å². The summed E-state index contributed by atoms with van der Waals surface area (Å²) >= 11 is 5.91. The van der Waals surface area contributed by atoms with Gasteiger partial charge in [0.05, 0.1) is 16.5 Å². The van der Waals surface area contributed by atoms with Gasteiger partial charge in [0.1, 0.15) is 5.56 Å². The average Bonchev–Trinajstić information content (AvgIpc) is 2.54. The third-order valence-corrected chi connectivity index (χ3v) is 4.49. The molecule has 2 rings (SSSR count). The van der Waals surface area contributed by atoms with Gasteiger partial charge in [-0.2, -0.15) is 0 Å². The van der Waals surface area contributed by atoms with Crippen LogP contribution in [0.4, 0.5) is 5.69 Å². The lowest BCUT2D eigenvalue weighted by Gasteiger charge is -2.38. The Morgan fingerprint density at radius 3 is 2.83 bits per heavy atom. The lowest BCUT2D eigenvalue weighted by atomic mass is 10.1. The van der Waals surface area contributed by atoms with Crippen LogP contribution < -0.4 is 10.6 Å². The first-order chi connectivity index (χ1) is 11.3. The van der Waals surface area contributed by atoms with Gasteiger partial charge in [0, 0.05) is 31.2 Å². The van der Waals surface area contributed by atoms with Crippen LogP contribution in [-0.4, -0.2) is 53.4 Å². The van der Waals surface area contributed by atoms with E-state index in [1.807, 2.05) is 13.8 Å². The molecule has 1 aliphatic heterocycles. The van der Waals surface area contributed by atoms with Gasteiger partial charge in [-0.25, -0.2) is 0 Å². The maximum atomic E-state index is 12.3. The minimum absolute atomic E-state index is 0.00204. The molecular weight excluding hydrogens is 336 g/mol. The summed E-state index contributed by atoms with van der Waals surface area (Å²) in [5.41, 5.74) is -0.629. The number of piperazine rings is 1. The van der Waals surface area contributed by atoms with Crippen molar-refractivity contribution < 1.29 is 14.5 Å². The van der Waals surface area contributed by atoms with Gasteiger partial charge in [0.25, 0.3) is 11.6 Å². The fourth-order valence-electron chi connectivity index (χ4n) is 2.64. The lowest BCUT2D eigenvalue weighted by Crippen LogP contribution is -2.58. The van der Waals surface area contributed by atoms with Crippen molar-refractivity contribution in [1.82, 2.24) is 15.5 Å². The molecule has 0 aliphatic carbocycles. The Hall–Kier alpha value is -2.19. The van der Waals surface area contributed by atoms with Gasteiger partial charge in [-0.15, -0.1) is 0 Å². The van der Waals surface area contributed by atoms with Crippen LogP contribution in [0.3, 0.4) is 0 Å². The molecule has 1 fully saturated rings. The molecule has 9 heteroatoms. The third-order valence-electron chi connectivity index (χ3n) is 4.17. The number of amides is 2. The molecule has 2 N–H and O–H groups in total. The number of hydrogen-bond acceptors (Lipinski definition) is 5. The first kappa shape index (κ1) is 18.2. The molecular formula is C15H19ClN4O4. The summed E-state index contributed by atoms with van der Waals surface area (Å²) in [5, 5.41) is 16.7. The molecule has 2 unspecified atom stereocenters. The first-order valence-corrected chi connectivity index (χ1v) is 7.94. The van der Waals surface area contributed by atoms with Crippen LogP contribution in [0, 0.1) is 10.1 Å². The van der Waals surface area contributed by atoms with Crippen molar-refractivity contribution in [3.8, 4) is 0 Å². The third kappa shape index (κ3) is 3.82. The van der Waals surface area contributed by atoms with Gasteiger partial charge >= 0.3 is 0 Å². The maximum absolute atomic E-state index is 12.3. The van der Waals surface area contributed by atoms with Crippen molar-refractivity contribution in [1.29, 1.82) is 0 Å². The van der Waals surface area contributed by atoms with Crippen LogP contribution in [-0.2, 0) is 4.79 Å². The molecule has 0 radical (unpaired) electrons. The second-order valence-corrected chi connectivity index (χ2v) is 6.05. The van der Waals surface area contributed by atoms with Crippen molar-refractivity contribution in [2.24, 2.45) is 0 Å². The number of nitro groups is 1. The van der Waals surface area contributed by atoms with Crippen LogP contribution >= 0.6 is 11.6 Å². The Labute approximate surface area is 144 Å². The first-order valence-electron chi connectivity index (χ1n) is 7.57. The van der Waals surface area contributed by atoms with Gasteiger partial charge in [0.2, 0.25) is 5.91 Å². The highest BCUT2D eigenvalue weighted by molar-refractivity contribution is 6.34. The van der Waals surface area contributed by atoms with E-state index in [9.17, 15) is 19.7 Å². The smallest absolute Gasteiger partial charge is 0.283 e. The second-order valence-electron chi connectivity index (χ2n) is 5.64. The highest BCUT2D eigenvalue weighted by Gasteiger charge is 2.29. The Balaban J connectivity index is 2.06. The Bertz CT molecular complexity index is 667. The number of carbonyl (C=O) groups is 2. The zero-order valence-corrected chi connectivity index (χ0v) is 14.2. The van der Waals surface area contributed by atoms with Crippen molar-refractivity contribution in [2.45, 2.75) is 25.9 Å². The van der Waals surface area contributed by atoms with E-state index in [0.29, 0.717) is 13.1 Å². The molecule has 24 heavy (non-hydrogen) atoms. The molecule has 130 valence electrons. The minimum Gasteiger partial charge on any atom is -0.343 e. The summed E-state index contributed by atoms with van der Waals surface area (Å²) in [6.45, 7) is 4.90. The molecule has 1 saturated heterocycles. The molecule has 1 aromatic carbocycles. The zero-order chi connectivity index (χ0) is 17.9. The fourth-order valence-corrected chi connectivity index (χ4v) is 2.90. The van der Waals surface area contributed by atoms with Gasteiger partial charge < -0.3 is 15.5 Å². The molecule has 1 aromatic rings. The highest BCUT2D eigenvalue weighted by Crippen LogP contribution is 2.25. The number of halogens is 1. The van der Waals surface area contributed by atoms with E-state index >= 15 is 0 Å². The Morgan fingerprint density at radius 1 is 1.46 bits per heavy atom. The summed E-state index contributed by atoms with van der Waals surface area (Å²) < 4.78 is 0. The van der Waals surface area contributed by atoms with Gasteiger partial charge in [0.15, 0.2) is 0 Å². The van der Waals surface area contributed by atoms with Crippen LogP contribution in [0.5, 0.6) is 0 Å². The molecule has 0 bridgehead atoms. The number of nitrogens with one attached hydrogen (secondary N) is 2. The minimum atomic E-state index is -0.739. The van der Waals surface area contributed by atoms with E-state index in [1.165, 1.54) is 18.2 Å². The Morgan fingerprint density at radius 2 is 2.17 bits per heavy atom. The quantitative estimate of drug-likeness (QED) is 0.624. The van der Waals surface area contributed by atoms with Gasteiger partial charge in [-0.05, 0) is 19.9 Å². The molecule has 1 heterocycles. The van der Waals surface area contributed by atoms with Crippen molar-refractivity contribution >= 4 is 29.1 Å². The predicted octanol–water partition coefficient (Wildman–Crippen LogP) is 1.19. The summed E-state index contributed by atoms with van der Waals surface area (Å²) in [4.78, 5) is 36.6. The molecule has 0 spiro atoms. The summed E-state index contributed by atoms with van der Waals surface area (Å²) in [5.74, 6) is -0.976. The van der Waals surface area contributed by atoms with Crippen molar-refractivity contribution in [3.05, 3.63) is 38.9 Å². The van der Waals surface area contributed by atoms with Gasteiger partial charge in [-0.3, -0.25) is 19.7 Å². The molecule has 2 atom stereocenters. The largest absolute Gasteiger partial charge is 0.343 e. The fraction of sp³-hybridized carbons (Fsp3) is 0.467. The monoisotopic (exact) mass is 354 g/mol. The number of nitro benzene ring substituents is 1. The van der Waals surface area contributed by atoms with Crippen LogP contribution in [0.2, 0.25) is 5.02 Å². The molecule has 8 nitrogen and oxygen atoms in total. The van der Waals surface area contributed by atoms with Crippen molar-refractivity contribution in [2.75, 3.05) is 19.6 Å². The van der Waals surface area contributed by atoms with Crippen LogP contribution in [0.25, 0.3) is 0 Å². The number of hydrogen-bond donors (Lipinski definition) is 2. The van der Waals surface area contributed by atoms with E-state index in [-0.39, 0.29) is 35.1 Å². The predicted molar refractivity (Wildman–Crippen MR) is 89.1 cm³/mol. The number of benzene rings is 1. The van der Waals surface area contributed by atoms with E-state index in [1.54, 1.807) is 4.90 Å². The maximum Gasteiger partial charge on any atom is 0.283 e. The normalized spacial score (nSPS) is 20.5. The molecule has 0 aromatic heterocycles. The molecule has 0 saturated carbocycles. The van der Waals surface area contributed by atoms with E-state index in [0.717, 1.165) is 0 Å². The number of carbonyl (C=O) groups excluding carboxylic acids is 2. The zero-order valence-electron chi connectivity index (χ0n) is 13.4. The topological polar surface area (TPSA) is 105 Å². The number of nitrogens with zero attached hydrogens (tertiary/aromatic N) is 2. The molecule has 2 amide bonds. The van der Waals surface area contributed by atoms with Crippen LogP contribution in [0.15, 0.2) is 18.2 Å². The Kier molecular flexibility index (Phi) is 5.74. The van der Waals surface area contributed by atoms with E-state index in [4.69, 9.17) is 11.6 Å². The SMILES string of the molecule is CC1NCCN(C(=O)CNC(=O)c2c(Cl)cccc2[N+](=O)[O-])C1C. The highest BCUT2D eigenvalue weighted by atomic mass is 35.5. The second kappa shape index (κ2) is 7.59.